The number of hydrogen-bond donors (Lipinski definition) is 1. The van der Waals surface area contributed by atoms with Gasteiger partial charge < -0.3 is 9.67 Å². The highest BCUT2D eigenvalue weighted by molar-refractivity contribution is 9.10. The molecule has 0 spiro atoms. The number of fused-ring (bicyclic) bond motifs is 1. The van der Waals surface area contributed by atoms with Gasteiger partial charge in [-0.1, -0.05) is 18.2 Å². The van der Waals surface area contributed by atoms with Gasteiger partial charge in [0.2, 0.25) is 0 Å². The fourth-order valence-corrected chi connectivity index (χ4v) is 2.61. The molecule has 0 aliphatic heterocycles. The van der Waals surface area contributed by atoms with Crippen LogP contribution in [0.15, 0.2) is 22.7 Å². The topological polar surface area (TPSA) is 25.2 Å². The minimum atomic E-state index is 0.0607. The molecule has 3 heteroatoms. The van der Waals surface area contributed by atoms with Gasteiger partial charge in [0.05, 0.1) is 17.8 Å². The van der Waals surface area contributed by atoms with E-state index in [1.807, 2.05) is 17.7 Å². The highest BCUT2D eigenvalue weighted by atomic mass is 79.9. The Kier molecular flexibility index (Phi) is 2.37. The van der Waals surface area contributed by atoms with E-state index < -0.39 is 0 Å². The van der Waals surface area contributed by atoms with E-state index in [1.165, 1.54) is 11.1 Å². The molecule has 2 nitrogen and oxygen atoms in total. The van der Waals surface area contributed by atoms with Crippen molar-refractivity contribution in [2.45, 2.75) is 13.5 Å². The summed E-state index contributed by atoms with van der Waals surface area (Å²) in [6.07, 6.45) is 0. The highest BCUT2D eigenvalue weighted by Gasteiger charge is 2.12. The van der Waals surface area contributed by atoms with Crippen LogP contribution in [0.25, 0.3) is 10.9 Å². The molecule has 14 heavy (non-hydrogen) atoms. The minimum absolute atomic E-state index is 0.0607. The molecule has 0 amide bonds. The third kappa shape index (κ3) is 1.20. The van der Waals surface area contributed by atoms with E-state index in [9.17, 15) is 5.11 Å². The minimum Gasteiger partial charge on any atom is -0.390 e. The van der Waals surface area contributed by atoms with E-state index in [-0.39, 0.29) is 6.61 Å². The molecule has 0 fully saturated rings. The molecule has 74 valence electrons. The number of nitrogens with zero attached hydrogens (tertiary/aromatic N) is 1. The quantitative estimate of drug-likeness (QED) is 0.831. The lowest BCUT2D eigenvalue weighted by molar-refractivity contribution is 0.272. The van der Waals surface area contributed by atoms with Crippen LogP contribution in [-0.4, -0.2) is 9.67 Å². The van der Waals surface area contributed by atoms with Crippen molar-refractivity contribution < 1.29 is 5.11 Å². The molecule has 0 bridgehead atoms. The Labute approximate surface area is 91.3 Å². The first-order valence-electron chi connectivity index (χ1n) is 4.50. The Morgan fingerprint density at radius 2 is 2.14 bits per heavy atom. The largest absolute Gasteiger partial charge is 0.390 e. The molecule has 0 aliphatic carbocycles. The molecule has 1 heterocycles. The van der Waals surface area contributed by atoms with Gasteiger partial charge in [0.15, 0.2) is 0 Å². The predicted molar refractivity (Wildman–Crippen MR) is 61.3 cm³/mol. The van der Waals surface area contributed by atoms with E-state index in [4.69, 9.17) is 0 Å². The molecule has 0 atom stereocenters. The zero-order valence-corrected chi connectivity index (χ0v) is 9.80. The smallest absolute Gasteiger partial charge is 0.0844 e. The molecule has 2 aromatic rings. The highest BCUT2D eigenvalue weighted by Crippen LogP contribution is 2.31. The fraction of sp³-hybridized carbons (Fsp3) is 0.273. The molecular formula is C11H12BrNO. The Morgan fingerprint density at radius 1 is 1.43 bits per heavy atom. The molecule has 2 rings (SSSR count). The summed E-state index contributed by atoms with van der Waals surface area (Å²) in [5.74, 6) is 0. The second kappa shape index (κ2) is 3.41. The van der Waals surface area contributed by atoms with Crippen LogP contribution in [0.5, 0.6) is 0 Å². The fourth-order valence-electron chi connectivity index (χ4n) is 1.89. The zero-order valence-electron chi connectivity index (χ0n) is 8.21. The summed E-state index contributed by atoms with van der Waals surface area (Å²) in [6, 6.07) is 6.17. The van der Waals surface area contributed by atoms with Crippen LogP contribution in [0.1, 0.15) is 11.3 Å². The Bertz CT molecular complexity index is 487. The van der Waals surface area contributed by atoms with Crippen LogP contribution in [0.3, 0.4) is 0 Å². The second-order valence-electron chi connectivity index (χ2n) is 3.45. The molecule has 0 saturated heterocycles. The van der Waals surface area contributed by atoms with Crippen molar-refractivity contribution in [2.75, 3.05) is 0 Å². The molecule has 0 saturated carbocycles. The molecule has 1 N–H and O–H groups in total. The van der Waals surface area contributed by atoms with Crippen LogP contribution in [0.2, 0.25) is 0 Å². The molecule has 1 aromatic heterocycles. The van der Waals surface area contributed by atoms with E-state index in [2.05, 4.69) is 35.0 Å². The Balaban J connectivity index is 2.94. The van der Waals surface area contributed by atoms with Gasteiger partial charge in [-0.2, -0.15) is 0 Å². The summed E-state index contributed by atoms with van der Waals surface area (Å²) < 4.78 is 3.04. The monoisotopic (exact) mass is 253 g/mol. The number of aryl methyl sites for hydroxylation is 2. The van der Waals surface area contributed by atoms with Crippen molar-refractivity contribution in [1.82, 2.24) is 4.57 Å². The van der Waals surface area contributed by atoms with E-state index >= 15 is 0 Å². The lowest BCUT2D eigenvalue weighted by atomic mass is 10.2. The van der Waals surface area contributed by atoms with Crippen molar-refractivity contribution in [1.29, 1.82) is 0 Å². The van der Waals surface area contributed by atoms with E-state index in [0.717, 1.165) is 15.6 Å². The van der Waals surface area contributed by atoms with Gasteiger partial charge in [-0.3, -0.25) is 0 Å². The third-order valence-corrected chi connectivity index (χ3v) is 3.50. The van der Waals surface area contributed by atoms with E-state index in [1.54, 1.807) is 0 Å². The molecule has 0 radical (unpaired) electrons. The molecule has 0 unspecified atom stereocenters. The van der Waals surface area contributed by atoms with Gasteiger partial charge >= 0.3 is 0 Å². The van der Waals surface area contributed by atoms with Gasteiger partial charge in [-0.15, -0.1) is 0 Å². The van der Waals surface area contributed by atoms with Crippen molar-refractivity contribution >= 4 is 26.8 Å². The summed E-state index contributed by atoms with van der Waals surface area (Å²) in [4.78, 5) is 0. The van der Waals surface area contributed by atoms with Gasteiger partial charge in [-0.05, 0) is 28.4 Å². The maximum absolute atomic E-state index is 9.24. The Morgan fingerprint density at radius 3 is 2.71 bits per heavy atom. The second-order valence-corrected chi connectivity index (χ2v) is 4.24. The van der Waals surface area contributed by atoms with Crippen molar-refractivity contribution in [3.8, 4) is 0 Å². The van der Waals surface area contributed by atoms with E-state index in [0.29, 0.717) is 0 Å². The van der Waals surface area contributed by atoms with Gasteiger partial charge in [-0.25, -0.2) is 0 Å². The molecule has 1 aromatic carbocycles. The van der Waals surface area contributed by atoms with Crippen LogP contribution in [0.4, 0.5) is 0 Å². The standard InChI is InChI=1S/C11H12BrNO/c1-7-4-3-5-8-10(12)9(6-14)13(2)11(7)8/h3-5,14H,6H2,1-2H3. The molecule has 0 aliphatic rings. The number of aliphatic hydroxyl groups is 1. The number of aromatic nitrogens is 1. The first-order valence-corrected chi connectivity index (χ1v) is 5.29. The number of para-hydroxylation sites is 1. The van der Waals surface area contributed by atoms with Crippen LogP contribution in [-0.2, 0) is 13.7 Å². The zero-order chi connectivity index (χ0) is 10.3. The Hall–Kier alpha value is -0.800. The first kappa shape index (κ1) is 9.74. The lowest BCUT2D eigenvalue weighted by Gasteiger charge is -2.02. The average Bonchev–Trinajstić information content (AvgIpc) is 2.41. The SMILES string of the molecule is Cc1cccc2c(Br)c(CO)n(C)c12. The number of aliphatic hydroxyl groups excluding tert-OH is 1. The lowest BCUT2D eigenvalue weighted by Crippen LogP contribution is -1.96. The summed E-state index contributed by atoms with van der Waals surface area (Å²) in [7, 11) is 1.98. The molecular weight excluding hydrogens is 242 g/mol. The summed E-state index contributed by atoms with van der Waals surface area (Å²) in [5, 5.41) is 10.4. The number of rotatable bonds is 1. The summed E-state index contributed by atoms with van der Waals surface area (Å²) in [5.41, 5.74) is 3.34. The summed E-state index contributed by atoms with van der Waals surface area (Å²) in [6.45, 7) is 2.14. The maximum atomic E-state index is 9.24. The van der Waals surface area contributed by atoms with Crippen molar-refractivity contribution in [2.24, 2.45) is 7.05 Å². The van der Waals surface area contributed by atoms with Gasteiger partial charge in [0, 0.05) is 16.9 Å². The average molecular weight is 254 g/mol. The van der Waals surface area contributed by atoms with Crippen LogP contribution >= 0.6 is 15.9 Å². The summed E-state index contributed by atoms with van der Waals surface area (Å²) >= 11 is 3.52. The van der Waals surface area contributed by atoms with Crippen molar-refractivity contribution in [3.05, 3.63) is 33.9 Å². The number of halogens is 1. The normalized spacial score (nSPS) is 11.1. The predicted octanol–water partition coefficient (Wildman–Crippen LogP) is 2.74. The van der Waals surface area contributed by atoms with Gasteiger partial charge in [0.25, 0.3) is 0 Å². The van der Waals surface area contributed by atoms with Crippen molar-refractivity contribution in [3.63, 3.8) is 0 Å². The van der Waals surface area contributed by atoms with Crippen LogP contribution < -0.4 is 0 Å². The number of hydrogen-bond acceptors (Lipinski definition) is 1. The van der Waals surface area contributed by atoms with Crippen LogP contribution in [0, 0.1) is 6.92 Å². The third-order valence-electron chi connectivity index (χ3n) is 2.62. The van der Waals surface area contributed by atoms with Gasteiger partial charge in [0.1, 0.15) is 0 Å². The maximum Gasteiger partial charge on any atom is 0.0844 e. The first-order chi connectivity index (χ1) is 6.66. The number of benzene rings is 1.